The monoisotopic (exact) mass is 501 g/mol. The van der Waals surface area contributed by atoms with Crippen LogP contribution in [0.1, 0.15) is 67.2 Å². The maximum absolute atomic E-state index is 13.1. The summed E-state index contributed by atoms with van der Waals surface area (Å²) < 4.78 is 7.02. The van der Waals surface area contributed by atoms with Crippen molar-refractivity contribution in [2.45, 2.75) is 51.5 Å². The lowest BCUT2D eigenvalue weighted by Gasteiger charge is -2.16. The number of anilines is 2. The van der Waals surface area contributed by atoms with Crippen molar-refractivity contribution in [3.63, 3.8) is 0 Å². The lowest BCUT2D eigenvalue weighted by molar-refractivity contribution is 0.0928. The van der Waals surface area contributed by atoms with Crippen LogP contribution in [0.3, 0.4) is 0 Å². The molecule has 0 spiro atoms. The number of carbonyl (C=O) groups excluding carboxylic acids is 1. The average molecular weight is 502 g/mol. The van der Waals surface area contributed by atoms with Crippen LogP contribution in [0.2, 0.25) is 0 Å². The number of nitrogens with one attached hydrogen (secondary N) is 1. The van der Waals surface area contributed by atoms with Gasteiger partial charge in [0.05, 0.1) is 0 Å². The molecule has 0 unspecified atom stereocenters. The number of nitrogens with zero attached hydrogens (tertiary/aromatic N) is 8. The summed E-state index contributed by atoms with van der Waals surface area (Å²) in [6.07, 6.45) is 4.51. The molecule has 1 aliphatic rings. The van der Waals surface area contributed by atoms with E-state index in [4.69, 9.17) is 4.52 Å². The second-order valence-electron chi connectivity index (χ2n) is 10.6. The fourth-order valence-corrected chi connectivity index (χ4v) is 4.44. The molecule has 4 aromatic rings. The molecule has 0 bridgehead atoms. The van der Waals surface area contributed by atoms with Gasteiger partial charge in [-0.05, 0) is 43.1 Å². The predicted molar refractivity (Wildman–Crippen MR) is 137 cm³/mol. The first-order valence-corrected chi connectivity index (χ1v) is 12.3. The molecule has 11 heteroatoms. The van der Waals surface area contributed by atoms with E-state index in [9.17, 15) is 4.79 Å². The van der Waals surface area contributed by atoms with E-state index in [1.165, 1.54) is 6.33 Å². The quantitative estimate of drug-likeness (QED) is 0.389. The van der Waals surface area contributed by atoms with E-state index in [-0.39, 0.29) is 23.0 Å². The van der Waals surface area contributed by atoms with Crippen LogP contribution in [0.25, 0.3) is 11.4 Å². The number of rotatable bonds is 6. The molecule has 0 saturated carbocycles. The van der Waals surface area contributed by atoms with Crippen LogP contribution in [0.15, 0.2) is 41.3 Å². The van der Waals surface area contributed by atoms with Gasteiger partial charge in [-0.2, -0.15) is 15.1 Å². The SMILES string of the molecule is CN1CC[C@@H](CC(=O)c2nc(C(C)(C)C)no2)c2ccc(-c3ncnc(Nc4ccn(C)n4)n3)cc2C1. The smallest absolute Gasteiger partial charge is 0.294 e. The predicted octanol–water partition coefficient (Wildman–Crippen LogP) is 3.89. The van der Waals surface area contributed by atoms with Crippen LogP contribution in [0, 0.1) is 0 Å². The van der Waals surface area contributed by atoms with E-state index >= 15 is 0 Å². The molecule has 1 N–H and O–H groups in total. The minimum atomic E-state index is -0.280. The molecule has 1 aliphatic heterocycles. The standard InChI is InChI=1S/C26H31N9O2/c1-26(2,3)24-31-23(37-33-24)20(36)13-16-8-10-34(4)14-18-12-17(6-7-19(16)18)22-27-15-28-25(30-22)29-21-9-11-35(5)32-21/h6-7,9,11-12,15-16H,8,10,13-14H2,1-5H3,(H,27,28,29,30,32)/t16-/m0/s1. The van der Waals surface area contributed by atoms with E-state index < -0.39 is 0 Å². The summed E-state index contributed by atoms with van der Waals surface area (Å²) in [5, 5.41) is 11.4. The number of carbonyl (C=O) groups is 1. The molecule has 11 nitrogen and oxygen atoms in total. The number of aryl methyl sites for hydroxylation is 1. The number of Topliss-reactive ketones (excluding diaryl/α,β-unsaturated/α-hetero) is 1. The van der Waals surface area contributed by atoms with Crippen LogP contribution in [0.4, 0.5) is 11.8 Å². The van der Waals surface area contributed by atoms with Crippen molar-refractivity contribution in [1.82, 2.24) is 39.8 Å². The fourth-order valence-electron chi connectivity index (χ4n) is 4.44. The molecule has 0 aliphatic carbocycles. The van der Waals surface area contributed by atoms with Gasteiger partial charge in [0.1, 0.15) is 6.33 Å². The zero-order valence-corrected chi connectivity index (χ0v) is 21.8. The van der Waals surface area contributed by atoms with Crippen molar-refractivity contribution in [3.05, 3.63) is 59.6 Å². The average Bonchev–Trinajstić information content (AvgIpc) is 3.48. The minimum absolute atomic E-state index is 0.0474. The van der Waals surface area contributed by atoms with Crippen molar-refractivity contribution in [1.29, 1.82) is 0 Å². The molecule has 4 heterocycles. The van der Waals surface area contributed by atoms with Crippen LogP contribution < -0.4 is 5.32 Å². The zero-order valence-electron chi connectivity index (χ0n) is 21.8. The van der Waals surface area contributed by atoms with E-state index in [1.54, 1.807) is 4.68 Å². The molecule has 0 amide bonds. The van der Waals surface area contributed by atoms with Gasteiger partial charge in [-0.25, -0.2) is 9.97 Å². The summed E-state index contributed by atoms with van der Waals surface area (Å²) in [6, 6.07) is 8.05. The Bertz CT molecular complexity index is 1420. The molecule has 192 valence electrons. The summed E-state index contributed by atoms with van der Waals surface area (Å²) >= 11 is 0. The summed E-state index contributed by atoms with van der Waals surface area (Å²) in [6.45, 7) is 7.62. The van der Waals surface area contributed by atoms with Gasteiger partial charge in [0.15, 0.2) is 17.5 Å². The summed E-state index contributed by atoms with van der Waals surface area (Å²) in [5.74, 6) is 2.19. The first kappa shape index (κ1) is 24.7. The molecule has 37 heavy (non-hydrogen) atoms. The van der Waals surface area contributed by atoms with Crippen LogP contribution in [-0.4, -0.2) is 59.1 Å². The van der Waals surface area contributed by atoms with Crippen molar-refractivity contribution < 1.29 is 9.32 Å². The van der Waals surface area contributed by atoms with Gasteiger partial charge in [-0.1, -0.05) is 38.1 Å². The zero-order chi connectivity index (χ0) is 26.2. The topological polar surface area (TPSA) is 128 Å². The largest absolute Gasteiger partial charge is 0.331 e. The molecule has 1 atom stereocenters. The first-order chi connectivity index (χ1) is 17.7. The molecule has 0 radical (unpaired) electrons. The van der Waals surface area contributed by atoms with E-state index in [0.717, 1.165) is 36.2 Å². The number of fused-ring (bicyclic) bond motifs is 1. The number of aromatic nitrogens is 7. The Morgan fingerprint density at radius 2 is 2.00 bits per heavy atom. The van der Waals surface area contributed by atoms with Gasteiger partial charge >= 0.3 is 0 Å². The summed E-state index contributed by atoms with van der Waals surface area (Å²) in [7, 11) is 3.94. The lowest BCUT2D eigenvalue weighted by Crippen LogP contribution is -2.17. The maximum Gasteiger partial charge on any atom is 0.294 e. The van der Waals surface area contributed by atoms with Gasteiger partial charge in [-0.15, -0.1) is 0 Å². The Labute approximate surface area is 215 Å². The maximum atomic E-state index is 13.1. The minimum Gasteiger partial charge on any atom is -0.331 e. The van der Waals surface area contributed by atoms with E-state index in [2.05, 4.69) is 59.6 Å². The van der Waals surface area contributed by atoms with Crippen LogP contribution in [-0.2, 0) is 19.0 Å². The Hall–Kier alpha value is -3.99. The highest BCUT2D eigenvalue weighted by Gasteiger charge is 2.28. The Balaban J connectivity index is 1.39. The highest BCUT2D eigenvalue weighted by Crippen LogP contribution is 2.34. The van der Waals surface area contributed by atoms with Gasteiger partial charge in [0, 0.05) is 43.3 Å². The number of benzene rings is 1. The summed E-state index contributed by atoms with van der Waals surface area (Å²) in [4.78, 5) is 32.9. The highest BCUT2D eigenvalue weighted by molar-refractivity contribution is 5.92. The van der Waals surface area contributed by atoms with E-state index in [1.807, 2.05) is 46.1 Å². The normalized spacial score (nSPS) is 16.3. The molecule has 1 aromatic carbocycles. The lowest BCUT2D eigenvalue weighted by atomic mass is 9.87. The molecule has 0 fully saturated rings. The molecular weight excluding hydrogens is 470 g/mol. The van der Waals surface area contributed by atoms with Crippen molar-refractivity contribution >= 4 is 17.5 Å². The van der Waals surface area contributed by atoms with Crippen molar-refractivity contribution in [2.24, 2.45) is 7.05 Å². The third-order valence-electron chi connectivity index (χ3n) is 6.43. The van der Waals surface area contributed by atoms with E-state index in [0.29, 0.717) is 29.8 Å². The van der Waals surface area contributed by atoms with Gasteiger partial charge in [-0.3, -0.25) is 9.48 Å². The number of ketones is 1. The third kappa shape index (κ3) is 5.56. The van der Waals surface area contributed by atoms with Crippen molar-refractivity contribution in [3.8, 4) is 11.4 Å². The number of hydrogen-bond donors (Lipinski definition) is 1. The Kier molecular flexibility index (Phi) is 6.55. The van der Waals surface area contributed by atoms with Crippen molar-refractivity contribution in [2.75, 3.05) is 18.9 Å². The molecule has 3 aromatic heterocycles. The Morgan fingerprint density at radius 3 is 2.73 bits per heavy atom. The second kappa shape index (κ2) is 9.81. The third-order valence-corrected chi connectivity index (χ3v) is 6.43. The van der Waals surface area contributed by atoms with Gasteiger partial charge in [0.2, 0.25) is 11.7 Å². The second-order valence-corrected chi connectivity index (χ2v) is 10.6. The van der Waals surface area contributed by atoms with Crippen LogP contribution >= 0.6 is 0 Å². The van der Waals surface area contributed by atoms with Crippen LogP contribution in [0.5, 0.6) is 0 Å². The molecular formula is C26H31N9O2. The first-order valence-electron chi connectivity index (χ1n) is 12.3. The summed E-state index contributed by atoms with van der Waals surface area (Å²) in [5.41, 5.74) is 2.91. The highest BCUT2D eigenvalue weighted by atomic mass is 16.5. The van der Waals surface area contributed by atoms with Gasteiger partial charge < -0.3 is 14.7 Å². The Morgan fingerprint density at radius 1 is 1.16 bits per heavy atom. The number of hydrogen-bond acceptors (Lipinski definition) is 10. The molecule has 0 saturated heterocycles. The van der Waals surface area contributed by atoms with Gasteiger partial charge in [0.25, 0.3) is 5.89 Å². The molecule has 5 rings (SSSR count). The fraction of sp³-hybridized carbons (Fsp3) is 0.423.